The van der Waals surface area contributed by atoms with Crippen LogP contribution in [0.3, 0.4) is 0 Å². The highest BCUT2D eigenvalue weighted by atomic mass is 16.5. The number of ether oxygens (including phenoxy) is 2. The molecule has 2 aliphatic rings. The summed E-state index contributed by atoms with van der Waals surface area (Å²) in [7, 11) is 3.35. The molecule has 2 aliphatic heterocycles. The van der Waals surface area contributed by atoms with Gasteiger partial charge in [-0.15, -0.1) is 0 Å². The highest BCUT2D eigenvalue weighted by molar-refractivity contribution is 5.95. The minimum atomic E-state index is -0.0476. The lowest BCUT2D eigenvalue weighted by molar-refractivity contribution is 0.397. The third-order valence-electron chi connectivity index (χ3n) is 6.80. The first-order valence-electron chi connectivity index (χ1n) is 12.0. The lowest BCUT2D eigenvalue weighted by Crippen LogP contribution is -2.14. The van der Waals surface area contributed by atoms with Gasteiger partial charge in [0, 0.05) is 50.9 Å². The fourth-order valence-electron chi connectivity index (χ4n) is 5.02. The number of H-pyrrole nitrogens is 2. The standard InChI is InChI=1S/C30H28N4O2/c1-30(2)17-22-15-20-11-13-24(33-20)28(29-25(35-3)6-5-7-26(29)36-4)23-12-10-19(32-23)14-18-8-9-21(31-18)16-27(30)34-22/h5-16,31,33H,17H2,1-4H3. The Morgan fingerprint density at radius 3 is 2.19 bits per heavy atom. The van der Waals surface area contributed by atoms with Gasteiger partial charge in [0.05, 0.1) is 31.2 Å². The van der Waals surface area contributed by atoms with Crippen LogP contribution >= 0.6 is 0 Å². The summed E-state index contributed by atoms with van der Waals surface area (Å²) < 4.78 is 11.5. The number of fused-ring (bicyclic) bond motifs is 8. The molecule has 6 rings (SSSR count). The molecule has 0 atom stereocenters. The molecule has 3 aromatic heterocycles. The van der Waals surface area contributed by atoms with E-state index in [9.17, 15) is 0 Å². The monoisotopic (exact) mass is 476 g/mol. The second-order valence-electron chi connectivity index (χ2n) is 9.85. The smallest absolute Gasteiger partial charge is 0.130 e. The van der Waals surface area contributed by atoms with Gasteiger partial charge in [-0.2, -0.15) is 0 Å². The van der Waals surface area contributed by atoms with Crippen LogP contribution in [-0.4, -0.2) is 34.2 Å². The lowest BCUT2D eigenvalue weighted by atomic mass is 9.87. The van der Waals surface area contributed by atoms with E-state index in [1.165, 1.54) is 0 Å². The van der Waals surface area contributed by atoms with E-state index in [1.54, 1.807) is 14.2 Å². The summed E-state index contributed by atoms with van der Waals surface area (Å²) in [6.45, 7) is 4.48. The number of rotatable bonds is 3. The fourth-order valence-corrected chi connectivity index (χ4v) is 5.02. The highest BCUT2D eigenvalue weighted by Crippen LogP contribution is 2.42. The Kier molecular flexibility index (Phi) is 5.18. The Morgan fingerprint density at radius 1 is 0.750 bits per heavy atom. The van der Waals surface area contributed by atoms with Gasteiger partial charge in [0.15, 0.2) is 0 Å². The maximum Gasteiger partial charge on any atom is 0.130 e. The zero-order valence-electron chi connectivity index (χ0n) is 20.8. The van der Waals surface area contributed by atoms with E-state index in [0.717, 1.165) is 73.9 Å². The highest BCUT2D eigenvalue weighted by Gasteiger charge is 2.28. The first-order valence-corrected chi connectivity index (χ1v) is 12.0. The Balaban J connectivity index is 1.74. The van der Waals surface area contributed by atoms with Crippen LogP contribution in [0, 0.1) is 0 Å². The molecule has 5 heterocycles. The van der Waals surface area contributed by atoms with Crippen LogP contribution in [-0.2, 0) is 11.8 Å². The SMILES string of the molecule is COc1cccc(OC)c1-c1c2nc(cc3ccc(cc4nc(cc5ccc1[nH]5)CC4(C)C)[nH]3)C=C2. The van der Waals surface area contributed by atoms with Crippen LogP contribution in [0.4, 0.5) is 0 Å². The van der Waals surface area contributed by atoms with Crippen molar-refractivity contribution in [3.8, 4) is 22.6 Å². The van der Waals surface area contributed by atoms with Crippen LogP contribution in [0.25, 0.3) is 45.3 Å². The predicted octanol–water partition coefficient (Wildman–Crippen LogP) is 6.69. The minimum Gasteiger partial charge on any atom is -0.496 e. The summed E-state index contributed by atoms with van der Waals surface area (Å²) in [5, 5.41) is 0. The van der Waals surface area contributed by atoms with Crippen LogP contribution in [0.5, 0.6) is 11.5 Å². The number of nitrogens with one attached hydrogen (secondary N) is 2. The number of methoxy groups -OCH3 is 2. The van der Waals surface area contributed by atoms with Crippen molar-refractivity contribution in [1.29, 1.82) is 0 Å². The predicted molar refractivity (Wildman–Crippen MR) is 145 cm³/mol. The van der Waals surface area contributed by atoms with Gasteiger partial charge in [-0.05, 0) is 66.7 Å². The molecule has 0 saturated heterocycles. The molecule has 0 radical (unpaired) electrons. The van der Waals surface area contributed by atoms with Gasteiger partial charge in [-0.25, -0.2) is 4.98 Å². The Bertz CT molecular complexity index is 1650. The fraction of sp³-hybridized carbons (Fsp3) is 0.200. The second kappa shape index (κ2) is 8.41. The first-order chi connectivity index (χ1) is 17.4. The van der Waals surface area contributed by atoms with Gasteiger partial charge < -0.3 is 19.4 Å². The van der Waals surface area contributed by atoms with Crippen LogP contribution in [0.1, 0.15) is 36.6 Å². The number of aromatic amines is 2. The van der Waals surface area contributed by atoms with E-state index >= 15 is 0 Å². The summed E-state index contributed by atoms with van der Waals surface area (Å²) in [6, 6.07) is 20.5. The molecule has 0 unspecified atom stereocenters. The lowest BCUT2D eigenvalue weighted by Gasteiger charge is -2.15. The molecule has 0 fully saturated rings. The van der Waals surface area contributed by atoms with Crippen LogP contribution in [0.15, 0.2) is 60.7 Å². The molecular weight excluding hydrogens is 448 g/mol. The van der Waals surface area contributed by atoms with Gasteiger partial charge in [0.25, 0.3) is 0 Å². The van der Waals surface area contributed by atoms with Crippen molar-refractivity contribution in [1.82, 2.24) is 19.9 Å². The molecule has 1 aromatic carbocycles. The first kappa shape index (κ1) is 22.2. The van der Waals surface area contributed by atoms with Gasteiger partial charge in [0.2, 0.25) is 0 Å². The van der Waals surface area contributed by atoms with Crippen molar-refractivity contribution in [3.05, 3.63) is 83.4 Å². The summed E-state index contributed by atoms with van der Waals surface area (Å²) in [6.07, 6.45) is 4.94. The third-order valence-corrected chi connectivity index (χ3v) is 6.80. The van der Waals surface area contributed by atoms with Gasteiger partial charge in [0.1, 0.15) is 11.5 Å². The topological polar surface area (TPSA) is 75.8 Å². The van der Waals surface area contributed by atoms with E-state index < -0.39 is 0 Å². The van der Waals surface area contributed by atoms with Crippen molar-refractivity contribution in [2.75, 3.05) is 14.2 Å². The molecule has 0 aliphatic carbocycles. The average Bonchev–Trinajstić information content (AvgIpc) is 3.64. The molecular formula is C30H28N4O2. The number of benzene rings is 1. The Labute approximate surface area is 209 Å². The molecule has 8 bridgehead atoms. The molecule has 2 N–H and O–H groups in total. The second-order valence-corrected chi connectivity index (χ2v) is 9.85. The van der Waals surface area contributed by atoms with Crippen molar-refractivity contribution in [2.24, 2.45) is 0 Å². The van der Waals surface area contributed by atoms with Crippen molar-refractivity contribution in [2.45, 2.75) is 25.7 Å². The third kappa shape index (κ3) is 3.85. The quantitative estimate of drug-likeness (QED) is 0.304. The average molecular weight is 477 g/mol. The van der Waals surface area contributed by atoms with Crippen molar-refractivity contribution >= 4 is 34.2 Å². The zero-order chi connectivity index (χ0) is 24.9. The number of aromatic nitrogens is 4. The molecule has 6 heteroatoms. The molecule has 36 heavy (non-hydrogen) atoms. The van der Waals surface area contributed by atoms with E-state index in [-0.39, 0.29) is 5.41 Å². The van der Waals surface area contributed by atoms with E-state index in [2.05, 4.69) is 66.3 Å². The van der Waals surface area contributed by atoms with E-state index in [0.29, 0.717) is 0 Å². The van der Waals surface area contributed by atoms with Crippen molar-refractivity contribution < 1.29 is 9.47 Å². The van der Waals surface area contributed by atoms with Gasteiger partial charge >= 0.3 is 0 Å². The minimum absolute atomic E-state index is 0.0476. The summed E-state index contributed by atoms with van der Waals surface area (Å²) in [5.41, 5.74) is 9.47. The molecule has 6 nitrogen and oxygen atoms in total. The number of hydrogen-bond acceptors (Lipinski definition) is 4. The summed E-state index contributed by atoms with van der Waals surface area (Å²) in [5.74, 6) is 1.44. The van der Waals surface area contributed by atoms with Crippen LogP contribution < -0.4 is 9.47 Å². The Hall–Kier alpha value is -4.32. The van der Waals surface area contributed by atoms with Crippen molar-refractivity contribution in [3.63, 3.8) is 0 Å². The summed E-state index contributed by atoms with van der Waals surface area (Å²) >= 11 is 0. The molecule has 180 valence electrons. The van der Waals surface area contributed by atoms with Gasteiger partial charge in [-0.1, -0.05) is 19.9 Å². The molecule has 4 aromatic rings. The van der Waals surface area contributed by atoms with E-state index in [4.69, 9.17) is 19.4 Å². The molecule has 0 amide bonds. The normalized spacial score (nSPS) is 14.1. The maximum absolute atomic E-state index is 5.77. The number of nitrogens with zero attached hydrogens (tertiary/aromatic N) is 2. The molecule has 0 spiro atoms. The summed E-state index contributed by atoms with van der Waals surface area (Å²) in [4.78, 5) is 17.1. The largest absolute Gasteiger partial charge is 0.496 e. The number of hydrogen-bond donors (Lipinski definition) is 2. The molecule has 0 saturated carbocycles. The zero-order valence-corrected chi connectivity index (χ0v) is 20.8. The maximum atomic E-state index is 5.77. The van der Waals surface area contributed by atoms with Crippen LogP contribution in [0.2, 0.25) is 0 Å². The Morgan fingerprint density at radius 2 is 1.44 bits per heavy atom. The van der Waals surface area contributed by atoms with E-state index in [1.807, 2.05) is 30.4 Å². The van der Waals surface area contributed by atoms with Gasteiger partial charge in [-0.3, -0.25) is 4.98 Å².